The van der Waals surface area contributed by atoms with E-state index in [9.17, 15) is 19.8 Å². The quantitative estimate of drug-likeness (QED) is 0.598. The van der Waals surface area contributed by atoms with Gasteiger partial charge in [-0.25, -0.2) is 4.39 Å². The number of rotatable bonds is 4. The predicted octanol–water partition coefficient (Wildman–Crippen LogP) is 2.62. The Labute approximate surface area is 177 Å². The molecule has 0 spiro atoms. The smallest absolute Gasteiger partial charge is 0.261 e. The fourth-order valence-corrected chi connectivity index (χ4v) is 4.06. The number of halogens is 1. The van der Waals surface area contributed by atoms with Crippen LogP contribution in [0.3, 0.4) is 0 Å². The molecule has 8 heteroatoms. The number of hydrogen-bond donors (Lipinski definition) is 3. The molecule has 0 radical (unpaired) electrons. The first-order valence-corrected chi connectivity index (χ1v) is 9.68. The molecule has 1 heterocycles. The summed E-state index contributed by atoms with van der Waals surface area (Å²) in [5.41, 5.74) is 0.549. The fraction of sp³-hybridized carbons (Fsp3) is 0.217. The summed E-state index contributed by atoms with van der Waals surface area (Å²) >= 11 is 0. The van der Waals surface area contributed by atoms with E-state index in [2.05, 4.69) is 5.32 Å². The van der Waals surface area contributed by atoms with Gasteiger partial charge in [0.05, 0.1) is 36.6 Å². The lowest BCUT2D eigenvalue weighted by Crippen LogP contribution is -2.26. The van der Waals surface area contributed by atoms with Crippen molar-refractivity contribution in [2.45, 2.75) is 18.4 Å². The predicted molar refractivity (Wildman–Crippen MR) is 112 cm³/mol. The van der Waals surface area contributed by atoms with Gasteiger partial charge in [0, 0.05) is 12.6 Å². The number of fused-ring (bicyclic) bond motifs is 1. The fourth-order valence-electron chi connectivity index (χ4n) is 4.06. The number of aliphatic hydroxyl groups is 1. The molecule has 0 bridgehead atoms. The minimum absolute atomic E-state index is 0.0287. The highest BCUT2D eigenvalue weighted by Crippen LogP contribution is 2.43. The molecule has 7 nitrogen and oxygen atoms in total. The number of hydrogen-bond acceptors (Lipinski definition) is 5. The zero-order chi connectivity index (χ0) is 22.3. The number of carbonyl (C=O) groups excluding carboxylic acids is 1. The topological polar surface area (TPSA) is 101 Å². The van der Waals surface area contributed by atoms with E-state index in [0.29, 0.717) is 11.3 Å². The largest absolute Gasteiger partial charge is 0.506 e. The highest BCUT2D eigenvalue weighted by atomic mass is 19.1. The lowest BCUT2D eigenvalue weighted by molar-refractivity contribution is -0.122. The number of nitrogens with zero attached hydrogens (tertiary/aromatic N) is 1. The Kier molecular flexibility index (Phi) is 5.24. The average Bonchev–Trinajstić information content (AvgIpc) is 3.14. The Bertz CT molecular complexity index is 1240. The molecule has 2 aromatic carbocycles. The van der Waals surface area contributed by atoms with Crippen LogP contribution in [0.4, 0.5) is 4.39 Å². The summed E-state index contributed by atoms with van der Waals surface area (Å²) in [6.45, 7) is 0. The highest BCUT2D eigenvalue weighted by Gasteiger charge is 2.39. The second-order valence-corrected chi connectivity index (χ2v) is 7.33. The highest BCUT2D eigenvalue weighted by molar-refractivity contribution is 5.85. The molecule has 1 aliphatic carbocycles. The van der Waals surface area contributed by atoms with Gasteiger partial charge in [0.1, 0.15) is 17.3 Å². The summed E-state index contributed by atoms with van der Waals surface area (Å²) in [5, 5.41) is 23.4. The summed E-state index contributed by atoms with van der Waals surface area (Å²) in [5.74, 6) is -1.67. The third-order valence-electron chi connectivity index (χ3n) is 5.58. The molecule has 1 amide bonds. The molecule has 3 N–H and O–H groups in total. The van der Waals surface area contributed by atoms with Crippen LogP contribution in [0.1, 0.15) is 29.6 Å². The lowest BCUT2D eigenvalue weighted by atomic mass is 10.0. The normalized spacial score (nSPS) is 17.3. The SMILES string of the molecule is CNC(=O)C1CC(O)c2c1c(O)cn(-c1ccc(-c3cccc(OC)c3)cc1F)c2=O. The number of aliphatic hydroxyl groups excluding tert-OH is 1. The number of pyridine rings is 1. The second kappa shape index (κ2) is 7.88. The van der Waals surface area contributed by atoms with Gasteiger partial charge < -0.3 is 20.3 Å². The molecule has 1 aliphatic rings. The van der Waals surface area contributed by atoms with E-state index in [0.717, 1.165) is 16.3 Å². The summed E-state index contributed by atoms with van der Waals surface area (Å²) in [6.07, 6.45) is -0.181. The zero-order valence-electron chi connectivity index (χ0n) is 16.9. The van der Waals surface area contributed by atoms with E-state index in [-0.39, 0.29) is 29.0 Å². The molecule has 0 saturated carbocycles. The first-order chi connectivity index (χ1) is 14.8. The summed E-state index contributed by atoms with van der Waals surface area (Å²) in [4.78, 5) is 25.1. The van der Waals surface area contributed by atoms with Gasteiger partial charge in [-0.15, -0.1) is 0 Å². The Morgan fingerprint density at radius 2 is 1.94 bits per heavy atom. The van der Waals surface area contributed by atoms with Crippen LogP contribution in [0.15, 0.2) is 53.5 Å². The minimum Gasteiger partial charge on any atom is -0.506 e. The number of carbonyl (C=O) groups is 1. The van der Waals surface area contributed by atoms with Crippen molar-refractivity contribution in [3.63, 3.8) is 0 Å². The molecule has 3 aromatic rings. The number of methoxy groups -OCH3 is 1. The van der Waals surface area contributed by atoms with Crippen molar-refractivity contribution in [1.29, 1.82) is 0 Å². The van der Waals surface area contributed by atoms with E-state index in [1.54, 1.807) is 37.4 Å². The first-order valence-electron chi connectivity index (χ1n) is 9.68. The molecule has 31 heavy (non-hydrogen) atoms. The van der Waals surface area contributed by atoms with Gasteiger partial charge in [-0.1, -0.05) is 18.2 Å². The molecule has 0 saturated heterocycles. The molecule has 4 rings (SSSR count). The molecule has 0 aliphatic heterocycles. The van der Waals surface area contributed by atoms with Crippen molar-refractivity contribution < 1.29 is 24.1 Å². The second-order valence-electron chi connectivity index (χ2n) is 7.33. The molecule has 1 aromatic heterocycles. The molecule has 0 fully saturated rings. The number of aromatic hydroxyl groups is 1. The van der Waals surface area contributed by atoms with Crippen molar-refractivity contribution in [2.75, 3.05) is 14.2 Å². The van der Waals surface area contributed by atoms with Gasteiger partial charge in [-0.05, 0) is 41.8 Å². The van der Waals surface area contributed by atoms with Crippen LogP contribution in [0.25, 0.3) is 16.8 Å². The lowest BCUT2D eigenvalue weighted by Gasteiger charge is -2.15. The van der Waals surface area contributed by atoms with Crippen molar-refractivity contribution in [1.82, 2.24) is 9.88 Å². The maximum atomic E-state index is 15.0. The summed E-state index contributed by atoms with van der Waals surface area (Å²) in [7, 11) is 2.98. The van der Waals surface area contributed by atoms with Crippen LogP contribution < -0.4 is 15.6 Å². The maximum absolute atomic E-state index is 15.0. The van der Waals surface area contributed by atoms with Gasteiger partial charge in [0.2, 0.25) is 5.91 Å². The van der Waals surface area contributed by atoms with E-state index >= 15 is 4.39 Å². The van der Waals surface area contributed by atoms with Crippen LogP contribution in [0.5, 0.6) is 11.5 Å². The Morgan fingerprint density at radius 3 is 2.61 bits per heavy atom. The average molecular weight is 424 g/mol. The number of ether oxygens (including phenoxy) is 1. The number of aromatic nitrogens is 1. The first kappa shape index (κ1) is 20.6. The van der Waals surface area contributed by atoms with Gasteiger partial charge in [0.15, 0.2) is 0 Å². The number of nitrogens with one attached hydrogen (secondary N) is 1. The van der Waals surface area contributed by atoms with Gasteiger partial charge >= 0.3 is 0 Å². The summed E-state index contributed by atoms with van der Waals surface area (Å²) < 4.78 is 21.2. The van der Waals surface area contributed by atoms with Crippen LogP contribution in [0, 0.1) is 5.82 Å². The molecule has 2 unspecified atom stereocenters. The van der Waals surface area contributed by atoms with Crippen LogP contribution in [-0.4, -0.2) is 34.8 Å². The third kappa shape index (κ3) is 3.44. The maximum Gasteiger partial charge on any atom is 0.261 e. The summed E-state index contributed by atoms with van der Waals surface area (Å²) in [6, 6.07) is 11.5. The van der Waals surface area contributed by atoms with E-state index in [4.69, 9.17) is 4.74 Å². The van der Waals surface area contributed by atoms with Crippen LogP contribution in [0.2, 0.25) is 0 Å². The monoisotopic (exact) mass is 424 g/mol. The molecular weight excluding hydrogens is 403 g/mol. The van der Waals surface area contributed by atoms with Crippen molar-refractivity contribution in [3.05, 3.63) is 76.0 Å². The van der Waals surface area contributed by atoms with Gasteiger partial charge in [-0.2, -0.15) is 0 Å². The number of benzene rings is 2. The van der Waals surface area contributed by atoms with Crippen molar-refractivity contribution in [3.8, 4) is 28.3 Å². The molecular formula is C23H21FN2O5. The van der Waals surface area contributed by atoms with Crippen molar-refractivity contribution >= 4 is 5.91 Å². The third-order valence-corrected chi connectivity index (χ3v) is 5.58. The zero-order valence-corrected chi connectivity index (χ0v) is 16.9. The van der Waals surface area contributed by atoms with E-state index < -0.39 is 29.3 Å². The van der Waals surface area contributed by atoms with Gasteiger partial charge in [-0.3, -0.25) is 14.2 Å². The van der Waals surface area contributed by atoms with Gasteiger partial charge in [0.25, 0.3) is 5.56 Å². The molecule has 2 atom stereocenters. The standard InChI is InChI=1S/C23H21FN2O5/c1-25-22(29)15-10-18(27)21-20(15)19(28)11-26(23(21)30)17-7-6-13(9-16(17)24)12-4-3-5-14(8-12)31-2/h3-9,11,15,18,27-28H,10H2,1-2H3,(H,25,29). The number of likely N-dealkylation sites (N-methyl/N-ethyl adjacent to an activating group) is 1. The Morgan fingerprint density at radius 1 is 1.19 bits per heavy atom. The Balaban J connectivity index is 1.81. The van der Waals surface area contributed by atoms with E-state index in [1.807, 2.05) is 0 Å². The van der Waals surface area contributed by atoms with E-state index in [1.165, 1.54) is 19.2 Å². The Hall–Kier alpha value is -3.65. The van der Waals surface area contributed by atoms with Crippen molar-refractivity contribution in [2.24, 2.45) is 0 Å². The minimum atomic E-state index is -1.23. The molecule has 160 valence electrons. The van der Waals surface area contributed by atoms with Crippen LogP contribution in [-0.2, 0) is 4.79 Å². The van der Waals surface area contributed by atoms with Crippen LogP contribution >= 0.6 is 0 Å². The number of amides is 1.